The van der Waals surface area contributed by atoms with Gasteiger partial charge in [0, 0.05) is 67.5 Å². The van der Waals surface area contributed by atoms with Crippen molar-refractivity contribution in [3.05, 3.63) is 63.1 Å². The quantitative estimate of drug-likeness (QED) is 0.398. The molecular formula is C29H36Cl2F3N5O2. The Bertz CT molecular complexity index is 1250. The van der Waals surface area contributed by atoms with Gasteiger partial charge in [-0.1, -0.05) is 43.1 Å². The molecule has 0 bridgehead atoms. The number of hydrogen-bond acceptors (Lipinski definition) is 4. The molecular weight excluding hydrogens is 578 g/mol. The standard InChI is InChI=1S/C29H36Cl2F3N5O2/c1-18(2)14-24(35)22-16-20(29(32,33)34)5-7-25(22)37-10-12-38(13-11-37)27(40)26(39-9-3-8-36-28(39)41)15-19-4-6-21(30)17-23(19)31/h4-7,16-18,24,26H,3,8-15,35H2,1-2H3,(H,36,41). The van der Waals surface area contributed by atoms with Gasteiger partial charge in [-0.2, -0.15) is 13.2 Å². The van der Waals surface area contributed by atoms with Crippen LogP contribution in [0.5, 0.6) is 0 Å². The molecule has 2 heterocycles. The number of urea groups is 1. The maximum absolute atomic E-state index is 13.9. The number of benzene rings is 2. The van der Waals surface area contributed by atoms with Crippen molar-refractivity contribution in [2.24, 2.45) is 11.7 Å². The van der Waals surface area contributed by atoms with E-state index in [1.165, 1.54) is 6.07 Å². The van der Waals surface area contributed by atoms with Gasteiger partial charge in [-0.05, 0) is 60.2 Å². The Morgan fingerprint density at radius 3 is 2.37 bits per heavy atom. The normalized spacial score (nSPS) is 18.0. The van der Waals surface area contributed by atoms with Crippen molar-refractivity contribution in [2.75, 3.05) is 44.2 Å². The van der Waals surface area contributed by atoms with Gasteiger partial charge in [0.2, 0.25) is 5.91 Å². The molecule has 0 aromatic heterocycles. The van der Waals surface area contributed by atoms with Gasteiger partial charge in [0.25, 0.3) is 0 Å². The predicted octanol–water partition coefficient (Wildman–Crippen LogP) is 5.73. The third-order valence-corrected chi connectivity index (χ3v) is 8.20. The summed E-state index contributed by atoms with van der Waals surface area (Å²) in [6.45, 7) is 6.47. The van der Waals surface area contributed by atoms with Crippen molar-refractivity contribution in [3.63, 3.8) is 0 Å². The lowest BCUT2D eigenvalue weighted by Crippen LogP contribution is -2.60. The second-order valence-corrected chi connectivity index (χ2v) is 11.9. The summed E-state index contributed by atoms with van der Waals surface area (Å²) in [5.41, 5.74) is 7.48. The Balaban J connectivity index is 1.54. The third kappa shape index (κ3) is 7.59. The molecule has 2 atom stereocenters. The van der Waals surface area contributed by atoms with Crippen molar-refractivity contribution < 1.29 is 22.8 Å². The van der Waals surface area contributed by atoms with Crippen LogP contribution >= 0.6 is 23.2 Å². The Hall–Kier alpha value is -2.69. The van der Waals surface area contributed by atoms with E-state index in [-0.39, 0.29) is 24.3 Å². The molecule has 2 unspecified atom stereocenters. The van der Waals surface area contributed by atoms with E-state index in [9.17, 15) is 22.8 Å². The lowest BCUT2D eigenvalue weighted by atomic mass is 9.94. The van der Waals surface area contributed by atoms with Crippen molar-refractivity contribution in [3.8, 4) is 0 Å². The van der Waals surface area contributed by atoms with Crippen LogP contribution < -0.4 is 16.0 Å². The number of nitrogens with zero attached hydrogens (tertiary/aromatic N) is 3. The van der Waals surface area contributed by atoms with Gasteiger partial charge in [0.15, 0.2) is 0 Å². The van der Waals surface area contributed by atoms with Crippen LogP contribution in [0.15, 0.2) is 36.4 Å². The number of rotatable bonds is 8. The molecule has 0 spiro atoms. The van der Waals surface area contributed by atoms with E-state index in [1.54, 1.807) is 28.0 Å². The minimum absolute atomic E-state index is 0.197. The number of halogens is 5. The Morgan fingerprint density at radius 1 is 1.05 bits per heavy atom. The van der Waals surface area contributed by atoms with Crippen LogP contribution in [0.2, 0.25) is 10.0 Å². The van der Waals surface area contributed by atoms with E-state index >= 15 is 0 Å². The minimum atomic E-state index is -4.47. The fourth-order valence-corrected chi connectivity index (χ4v) is 5.99. The van der Waals surface area contributed by atoms with Crippen LogP contribution in [0, 0.1) is 5.92 Å². The number of carbonyl (C=O) groups is 2. The maximum Gasteiger partial charge on any atom is 0.416 e. The highest BCUT2D eigenvalue weighted by molar-refractivity contribution is 6.35. The van der Waals surface area contributed by atoms with Crippen molar-refractivity contribution in [1.82, 2.24) is 15.1 Å². The molecule has 0 aliphatic carbocycles. The zero-order valence-electron chi connectivity index (χ0n) is 23.2. The molecule has 41 heavy (non-hydrogen) atoms. The molecule has 7 nitrogen and oxygen atoms in total. The van der Waals surface area contributed by atoms with Crippen LogP contribution in [0.4, 0.5) is 23.7 Å². The Kier molecular flexibility index (Phi) is 9.97. The molecule has 12 heteroatoms. The van der Waals surface area contributed by atoms with Crippen LogP contribution in [0.3, 0.4) is 0 Å². The average Bonchev–Trinajstić information content (AvgIpc) is 2.92. The average molecular weight is 615 g/mol. The van der Waals surface area contributed by atoms with Gasteiger partial charge in [-0.25, -0.2) is 4.79 Å². The second-order valence-electron chi connectivity index (χ2n) is 11.1. The molecule has 0 radical (unpaired) electrons. The topological polar surface area (TPSA) is 81.9 Å². The van der Waals surface area contributed by atoms with Crippen LogP contribution in [-0.2, 0) is 17.4 Å². The first-order chi connectivity index (χ1) is 19.3. The molecule has 3 N–H and O–H groups in total. The molecule has 3 amide bonds. The lowest BCUT2D eigenvalue weighted by molar-refractivity contribution is -0.138. The molecule has 2 aliphatic rings. The molecule has 2 aromatic rings. The molecule has 2 fully saturated rings. The largest absolute Gasteiger partial charge is 0.416 e. The predicted molar refractivity (Wildman–Crippen MR) is 155 cm³/mol. The van der Waals surface area contributed by atoms with Crippen molar-refractivity contribution in [1.29, 1.82) is 0 Å². The molecule has 2 aliphatic heterocycles. The molecule has 224 valence electrons. The molecule has 2 aromatic carbocycles. The first kappa shape index (κ1) is 31.3. The number of alkyl halides is 3. The summed E-state index contributed by atoms with van der Waals surface area (Å²) >= 11 is 12.5. The number of amides is 3. The lowest BCUT2D eigenvalue weighted by Gasteiger charge is -2.41. The monoisotopic (exact) mass is 613 g/mol. The number of nitrogens with two attached hydrogens (primary N) is 1. The summed E-state index contributed by atoms with van der Waals surface area (Å²) < 4.78 is 40.6. The smallest absolute Gasteiger partial charge is 0.368 e. The van der Waals surface area contributed by atoms with Crippen LogP contribution in [0.1, 0.15) is 49.4 Å². The number of anilines is 1. The number of nitrogens with one attached hydrogen (secondary N) is 1. The highest BCUT2D eigenvalue weighted by atomic mass is 35.5. The first-order valence-corrected chi connectivity index (χ1v) is 14.6. The zero-order chi connectivity index (χ0) is 29.9. The summed E-state index contributed by atoms with van der Waals surface area (Å²) in [7, 11) is 0. The Morgan fingerprint density at radius 2 is 1.76 bits per heavy atom. The molecule has 2 saturated heterocycles. The maximum atomic E-state index is 13.9. The molecule has 0 saturated carbocycles. The zero-order valence-corrected chi connectivity index (χ0v) is 24.7. The van der Waals surface area contributed by atoms with Gasteiger partial charge < -0.3 is 25.8 Å². The SMILES string of the molecule is CC(C)CC(N)c1cc(C(F)(F)F)ccc1N1CCN(C(=O)C(Cc2ccc(Cl)cc2Cl)N2CCCNC2=O)CC1. The summed E-state index contributed by atoms with van der Waals surface area (Å²) in [6, 6.07) is 7.17. The Labute approximate surface area is 248 Å². The molecule has 4 rings (SSSR count). The minimum Gasteiger partial charge on any atom is -0.368 e. The number of carbonyl (C=O) groups excluding carboxylic acids is 2. The fourth-order valence-electron chi connectivity index (χ4n) is 5.50. The highest BCUT2D eigenvalue weighted by Gasteiger charge is 2.37. The van der Waals surface area contributed by atoms with E-state index in [4.69, 9.17) is 28.9 Å². The van der Waals surface area contributed by atoms with Gasteiger partial charge in [-0.15, -0.1) is 0 Å². The first-order valence-electron chi connectivity index (χ1n) is 13.8. The van der Waals surface area contributed by atoms with Gasteiger partial charge >= 0.3 is 12.2 Å². The fraction of sp³-hybridized carbons (Fsp3) is 0.517. The van der Waals surface area contributed by atoms with E-state index in [2.05, 4.69) is 5.32 Å². The van der Waals surface area contributed by atoms with Crippen molar-refractivity contribution >= 4 is 40.8 Å². The van der Waals surface area contributed by atoms with Crippen molar-refractivity contribution in [2.45, 2.75) is 51.4 Å². The highest BCUT2D eigenvalue weighted by Crippen LogP contribution is 2.37. The number of hydrogen-bond donors (Lipinski definition) is 2. The van der Waals surface area contributed by atoms with Gasteiger partial charge in [0.05, 0.1) is 5.56 Å². The van der Waals surface area contributed by atoms with Crippen LogP contribution in [0.25, 0.3) is 0 Å². The van der Waals surface area contributed by atoms with Gasteiger partial charge in [-0.3, -0.25) is 4.79 Å². The van der Waals surface area contributed by atoms with E-state index in [0.29, 0.717) is 79.0 Å². The summed E-state index contributed by atoms with van der Waals surface area (Å²) in [6.07, 6.45) is -2.99. The van der Waals surface area contributed by atoms with E-state index in [1.807, 2.05) is 18.7 Å². The third-order valence-electron chi connectivity index (χ3n) is 7.61. The summed E-state index contributed by atoms with van der Waals surface area (Å²) in [4.78, 5) is 31.9. The summed E-state index contributed by atoms with van der Waals surface area (Å²) in [5, 5.41) is 3.71. The number of piperazine rings is 1. The van der Waals surface area contributed by atoms with E-state index < -0.39 is 23.8 Å². The van der Waals surface area contributed by atoms with Gasteiger partial charge in [0.1, 0.15) is 6.04 Å². The van der Waals surface area contributed by atoms with E-state index in [0.717, 1.165) is 12.1 Å². The summed E-state index contributed by atoms with van der Waals surface area (Å²) in [5.74, 6) is 0.0109. The van der Waals surface area contributed by atoms with Crippen LogP contribution in [-0.4, -0.2) is 67.0 Å². The second kappa shape index (κ2) is 13.1.